The number of aliphatic hydroxyl groups excluding tert-OH is 1. The van der Waals surface area contributed by atoms with Crippen LogP contribution in [0.15, 0.2) is 46.9 Å². The first-order chi connectivity index (χ1) is 10.1. The highest BCUT2D eigenvalue weighted by molar-refractivity contribution is 9.10. The van der Waals surface area contributed by atoms with E-state index in [2.05, 4.69) is 20.9 Å². The summed E-state index contributed by atoms with van der Waals surface area (Å²) in [4.78, 5) is 4.59. The van der Waals surface area contributed by atoms with Gasteiger partial charge in [0.2, 0.25) is 0 Å². The summed E-state index contributed by atoms with van der Waals surface area (Å²) < 4.78 is 2.82. The van der Waals surface area contributed by atoms with Crippen molar-refractivity contribution in [2.24, 2.45) is 7.05 Å². The molecule has 0 aliphatic heterocycles. The van der Waals surface area contributed by atoms with E-state index in [0.29, 0.717) is 11.4 Å². The van der Waals surface area contributed by atoms with Gasteiger partial charge in [-0.05, 0) is 29.8 Å². The van der Waals surface area contributed by atoms with Crippen LogP contribution >= 0.6 is 27.5 Å². The minimum Gasteiger partial charge on any atom is -0.388 e. The standard InChI is InChI=1S/C16H14BrClN2O/c1-20-14-5-3-2-4-13(14)19-16(20)9-15(21)11-7-6-10(18)8-12(11)17/h2-8,15,21H,9H2,1H3. The van der Waals surface area contributed by atoms with Gasteiger partial charge in [-0.1, -0.05) is 45.7 Å². The normalized spacial score (nSPS) is 12.8. The third-order valence-electron chi connectivity index (χ3n) is 3.58. The van der Waals surface area contributed by atoms with E-state index in [-0.39, 0.29) is 0 Å². The maximum atomic E-state index is 10.5. The predicted molar refractivity (Wildman–Crippen MR) is 88.5 cm³/mol. The van der Waals surface area contributed by atoms with Crippen LogP contribution in [0.25, 0.3) is 11.0 Å². The molecule has 108 valence electrons. The predicted octanol–water partition coefficient (Wildman–Crippen LogP) is 4.27. The zero-order valence-corrected chi connectivity index (χ0v) is 13.8. The summed E-state index contributed by atoms with van der Waals surface area (Å²) in [7, 11) is 1.97. The number of hydrogen-bond acceptors (Lipinski definition) is 2. The Bertz CT molecular complexity index is 800. The highest BCUT2D eigenvalue weighted by Gasteiger charge is 2.16. The summed E-state index contributed by atoms with van der Waals surface area (Å²) in [6.45, 7) is 0. The van der Waals surface area contributed by atoms with Gasteiger partial charge in [-0.15, -0.1) is 0 Å². The quantitative estimate of drug-likeness (QED) is 0.753. The summed E-state index contributed by atoms with van der Waals surface area (Å²) in [5.41, 5.74) is 2.82. The zero-order chi connectivity index (χ0) is 15.0. The van der Waals surface area contributed by atoms with E-state index in [1.807, 2.05) is 41.9 Å². The molecule has 1 heterocycles. The first-order valence-electron chi connectivity index (χ1n) is 6.59. The molecule has 0 radical (unpaired) electrons. The van der Waals surface area contributed by atoms with E-state index in [1.165, 1.54) is 0 Å². The Morgan fingerprint density at radius 3 is 2.76 bits per heavy atom. The number of aryl methyl sites for hydroxylation is 1. The van der Waals surface area contributed by atoms with Gasteiger partial charge in [-0.3, -0.25) is 0 Å². The molecule has 0 aliphatic carbocycles. The number of fused-ring (bicyclic) bond motifs is 1. The Balaban J connectivity index is 1.92. The minimum atomic E-state index is -0.632. The zero-order valence-electron chi connectivity index (χ0n) is 11.4. The van der Waals surface area contributed by atoms with Crippen molar-refractivity contribution in [2.75, 3.05) is 0 Å². The summed E-state index contributed by atoms with van der Waals surface area (Å²) in [5, 5.41) is 11.1. The molecule has 0 amide bonds. The Labute approximate surface area is 136 Å². The number of benzene rings is 2. The Hall–Kier alpha value is -1.36. The number of para-hydroxylation sites is 2. The van der Waals surface area contributed by atoms with Crippen LogP contribution in [0.5, 0.6) is 0 Å². The molecule has 21 heavy (non-hydrogen) atoms. The van der Waals surface area contributed by atoms with Gasteiger partial charge in [0.15, 0.2) is 0 Å². The van der Waals surface area contributed by atoms with Gasteiger partial charge in [-0.2, -0.15) is 0 Å². The largest absolute Gasteiger partial charge is 0.388 e. The molecule has 3 nitrogen and oxygen atoms in total. The lowest BCUT2D eigenvalue weighted by molar-refractivity contribution is 0.174. The monoisotopic (exact) mass is 364 g/mol. The molecule has 0 fully saturated rings. The molecule has 0 spiro atoms. The van der Waals surface area contributed by atoms with Crippen molar-refractivity contribution in [3.8, 4) is 0 Å². The third kappa shape index (κ3) is 2.84. The molecular formula is C16H14BrClN2O. The molecule has 0 bridgehead atoms. The maximum Gasteiger partial charge on any atom is 0.112 e. The molecule has 2 aromatic carbocycles. The molecule has 0 aliphatic rings. The van der Waals surface area contributed by atoms with Crippen LogP contribution < -0.4 is 0 Å². The number of aromatic nitrogens is 2. The molecule has 1 atom stereocenters. The Kier molecular flexibility index (Phi) is 4.02. The second kappa shape index (κ2) is 5.79. The fourth-order valence-corrected chi connectivity index (χ4v) is 3.38. The number of nitrogens with zero attached hydrogens (tertiary/aromatic N) is 2. The lowest BCUT2D eigenvalue weighted by Crippen LogP contribution is -2.07. The van der Waals surface area contributed by atoms with Crippen molar-refractivity contribution >= 4 is 38.6 Å². The molecule has 0 saturated carbocycles. The van der Waals surface area contributed by atoms with Crippen molar-refractivity contribution in [2.45, 2.75) is 12.5 Å². The van der Waals surface area contributed by atoms with Crippen molar-refractivity contribution in [1.29, 1.82) is 0 Å². The number of imidazole rings is 1. The topological polar surface area (TPSA) is 38.0 Å². The number of aliphatic hydroxyl groups is 1. The lowest BCUT2D eigenvalue weighted by Gasteiger charge is -2.13. The van der Waals surface area contributed by atoms with E-state index < -0.39 is 6.10 Å². The van der Waals surface area contributed by atoms with Crippen LogP contribution in [-0.2, 0) is 13.5 Å². The van der Waals surface area contributed by atoms with E-state index in [0.717, 1.165) is 26.9 Å². The van der Waals surface area contributed by atoms with Crippen LogP contribution in [0.4, 0.5) is 0 Å². The molecule has 1 N–H and O–H groups in total. The fraction of sp³-hybridized carbons (Fsp3) is 0.188. The van der Waals surface area contributed by atoms with E-state index in [1.54, 1.807) is 12.1 Å². The molecular weight excluding hydrogens is 352 g/mol. The molecule has 0 saturated heterocycles. The van der Waals surface area contributed by atoms with Gasteiger partial charge in [0.05, 0.1) is 17.1 Å². The average Bonchev–Trinajstić information content (AvgIpc) is 2.76. The maximum absolute atomic E-state index is 10.5. The smallest absolute Gasteiger partial charge is 0.112 e. The lowest BCUT2D eigenvalue weighted by atomic mass is 10.1. The van der Waals surface area contributed by atoms with Crippen LogP contribution in [0.3, 0.4) is 0 Å². The van der Waals surface area contributed by atoms with E-state index in [4.69, 9.17) is 11.6 Å². The Morgan fingerprint density at radius 2 is 2.05 bits per heavy atom. The number of hydrogen-bond donors (Lipinski definition) is 1. The number of halogens is 2. The van der Waals surface area contributed by atoms with Gasteiger partial charge < -0.3 is 9.67 Å². The van der Waals surface area contributed by atoms with Gasteiger partial charge in [-0.25, -0.2) is 4.98 Å². The summed E-state index contributed by atoms with van der Waals surface area (Å²) in [6.07, 6.45) is -0.182. The highest BCUT2D eigenvalue weighted by atomic mass is 79.9. The van der Waals surface area contributed by atoms with Crippen molar-refractivity contribution in [1.82, 2.24) is 9.55 Å². The second-order valence-electron chi connectivity index (χ2n) is 4.96. The first kappa shape index (κ1) is 14.6. The Morgan fingerprint density at radius 1 is 1.29 bits per heavy atom. The second-order valence-corrected chi connectivity index (χ2v) is 6.25. The summed E-state index contributed by atoms with van der Waals surface area (Å²) in [5.74, 6) is 0.852. The molecule has 3 aromatic rings. The SMILES string of the molecule is Cn1c(CC(O)c2ccc(Cl)cc2Br)nc2ccccc21. The minimum absolute atomic E-state index is 0.450. The van der Waals surface area contributed by atoms with Crippen molar-refractivity contribution in [3.63, 3.8) is 0 Å². The van der Waals surface area contributed by atoms with Gasteiger partial charge in [0.25, 0.3) is 0 Å². The summed E-state index contributed by atoms with van der Waals surface area (Å²) in [6, 6.07) is 13.3. The van der Waals surface area contributed by atoms with Gasteiger partial charge in [0, 0.05) is 23.0 Å². The van der Waals surface area contributed by atoms with Crippen LogP contribution in [0.2, 0.25) is 5.02 Å². The third-order valence-corrected chi connectivity index (χ3v) is 4.50. The van der Waals surface area contributed by atoms with E-state index >= 15 is 0 Å². The first-order valence-corrected chi connectivity index (χ1v) is 7.76. The van der Waals surface area contributed by atoms with Crippen LogP contribution in [0, 0.1) is 0 Å². The molecule has 1 aromatic heterocycles. The summed E-state index contributed by atoms with van der Waals surface area (Å²) >= 11 is 9.37. The number of rotatable bonds is 3. The molecule has 1 unspecified atom stereocenters. The van der Waals surface area contributed by atoms with E-state index in [9.17, 15) is 5.11 Å². The van der Waals surface area contributed by atoms with Crippen molar-refractivity contribution in [3.05, 3.63) is 63.3 Å². The molecule has 3 rings (SSSR count). The molecule has 5 heteroatoms. The van der Waals surface area contributed by atoms with Crippen LogP contribution in [-0.4, -0.2) is 14.7 Å². The average molecular weight is 366 g/mol. The van der Waals surface area contributed by atoms with Crippen LogP contribution in [0.1, 0.15) is 17.5 Å². The van der Waals surface area contributed by atoms with Crippen molar-refractivity contribution < 1.29 is 5.11 Å². The van der Waals surface area contributed by atoms with Gasteiger partial charge in [0.1, 0.15) is 5.82 Å². The van der Waals surface area contributed by atoms with Gasteiger partial charge >= 0.3 is 0 Å². The fourth-order valence-electron chi connectivity index (χ4n) is 2.43. The highest BCUT2D eigenvalue weighted by Crippen LogP contribution is 2.29.